The first-order chi connectivity index (χ1) is 13.6. The molecule has 8 nitrogen and oxygen atoms in total. The van der Waals surface area contributed by atoms with Crippen LogP contribution in [0.3, 0.4) is 0 Å². The van der Waals surface area contributed by atoms with Crippen molar-refractivity contribution in [3.8, 4) is 0 Å². The molecule has 1 aromatic rings. The van der Waals surface area contributed by atoms with Gasteiger partial charge in [0.15, 0.2) is 0 Å². The molecule has 2 amide bonds. The Balaban J connectivity index is 0.00000784. The molecule has 164 valence electrons. The van der Waals surface area contributed by atoms with Gasteiger partial charge in [-0.1, -0.05) is 31.0 Å². The molecule has 0 fully saturated rings. The van der Waals surface area contributed by atoms with Crippen molar-refractivity contribution >= 4 is 23.5 Å². The second-order valence-electron chi connectivity index (χ2n) is 6.78. The Hall–Kier alpha value is -2.45. The van der Waals surface area contributed by atoms with Crippen LogP contribution in [-0.2, 0) is 14.4 Å². The third kappa shape index (κ3) is 16.2. The van der Waals surface area contributed by atoms with Crippen LogP contribution in [0.15, 0.2) is 30.3 Å². The molecular weight excluding hydrogens is 374 g/mol. The highest BCUT2D eigenvalue weighted by molar-refractivity contribution is 5.90. The van der Waals surface area contributed by atoms with Gasteiger partial charge in [-0.15, -0.1) is 0 Å². The SMILES string of the molecule is O.O=C(O)CCC(=O)NCCCCCNCCCCCC(=O)Nc1ccccc1. The van der Waals surface area contributed by atoms with E-state index in [1.54, 1.807) is 0 Å². The van der Waals surface area contributed by atoms with E-state index in [-0.39, 0.29) is 30.1 Å². The van der Waals surface area contributed by atoms with Crippen molar-refractivity contribution in [1.82, 2.24) is 10.6 Å². The zero-order valence-corrected chi connectivity index (χ0v) is 17.0. The predicted octanol–water partition coefficient (Wildman–Crippen LogP) is 2.10. The van der Waals surface area contributed by atoms with Crippen molar-refractivity contribution in [3.63, 3.8) is 0 Å². The van der Waals surface area contributed by atoms with E-state index in [2.05, 4.69) is 16.0 Å². The standard InChI is InChI=1S/C21H33N3O4.H2O/c25-19(13-14-21(27)28)23-17-9-3-8-16-22-15-7-2-6-12-20(26)24-18-10-4-1-5-11-18;/h1,4-5,10-11,22H,2-3,6-9,12-17H2,(H,23,25)(H,24,26)(H,27,28);1H2. The Morgan fingerprint density at radius 1 is 0.724 bits per heavy atom. The van der Waals surface area contributed by atoms with Crippen molar-refractivity contribution in [1.29, 1.82) is 0 Å². The molecule has 0 aliphatic carbocycles. The van der Waals surface area contributed by atoms with Gasteiger partial charge < -0.3 is 26.5 Å². The van der Waals surface area contributed by atoms with E-state index in [1.807, 2.05) is 30.3 Å². The Kier molecular flexibility index (Phi) is 16.1. The number of benzene rings is 1. The normalized spacial score (nSPS) is 10.1. The van der Waals surface area contributed by atoms with Gasteiger partial charge in [0, 0.05) is 25.1 Å². The van der Waals surface area contributed by atoms with Crippen LogP contribution in [0, 0.1) is 0 Å². The Labute approximate surface area is 172 Å². The molecule has 0 aromatic heterocycles. The van der Waals surface area contributed by atoms with E-state index in [0.29, 0.717) is 13.0 Å². The van der Waals surface area contributed by atoms with E-state index < -0.39 is 5.97 Å². The van der Waals surface area contributed by atoms with Crippen molar-refractivity contribution < 1.29 is 25.0 Å². The summed E-state index contributed by atoms with van der Waals surface area (Å²) in [5, 5.41) is 17.5. The Morgan fingerprint density at radius 3 is 2.00 bits per heavy atom. The Bertz CT molecular complexity index is 581. The monoisotopic (exact) mass is 409 g/mol. The van der Waals surface area contributed by atoms with Gasteiger partial charge in [-0.3, -0.25) is 14.4 Å². The summed E-state index contributed by atoms with van der Waals surface area (Å²) in [6.45, 7) is 2.50. The molecule has 6 N–H and O–H groups in total. The smallest absolute Gasteiger partial charge is 0.303 e. The van der Waals surface area contributed by atoms with Crippen LogP contribution in [-0.4, -0.2) is 48.0 Å². The molecule has 0 radical (unpaired) electrons. The first-order valence-corrected chi connectivity index (χ1v) is 10.1. The van der Waals surface area contributed by atoms with Crippen molar-refractivity contribution in [3.05, 3.63) is 30.3 Å². The molecule has 29 heavy (non-hydrogen) atoms. The number of carboxylic acids is 1. The third-order valence-electron chi connectivity index (χ3n) is 4.23. The lowest BCUT2D eigenvalue weighted by Crippen LogP contribution is -2.25. The summed E-state index contributed by atoms with van der Waals surface area (Å²) in [5.41, 5.74) is 0.842. The summed E-state index contributed by atoms with van der Waals surface area (Å²) in [6, 6.07) is 9.50. The second kappa shape index (κ2) is 17.6. The van der Waals surface area contributed by atoms with Crippen LogP contribution in [0.4, 0.5) is 5.69 Å². The van der Waals surface area contributed by atoms with Crippen LogP contribution in [0.5, 0.6) is 0 Å². The highest BCUT2D eigenvalue weighted by Gasteiger charge is 2.04. The minimum Gasteiger partial charge on any atom is -0.481 e. The number of hydrogen-bond donors (Lipinski definition) is 4. The van der Waals surface area contributed by atoms with E-state index >= 15 is 0 Å². The Morgan fingerprint density at radius 2 is 1.34 bits per heavy atom. The minimum atomic E-state index is -0.948. The molecule has 0 aliphatic heterocycles. The van der Waals surface area contributed by atoms with Crippen LogP contribution in [0.2, 0.25) is 0 Å². The number of unbranched alkanes of at least 4 members (excludes halogenated alkanes) is 4. The minimum absolute atomic E-state index is 0. The lowest BCUT2D eigenvalue weighted by atomic mass is 10.2. The predicted molar refractivity (Wildman–Crippen MR) is 114 cm³/mol. The summed E-state index contributed by atoms with van der Waals surface area (Å²) in [5.74, 6) is -1.08. The molecule has 0 atom stereocenters. The number of rotatable bonds is 16. The molecule has 0 unspecified atom stereocenters. The quantitative estimate of drug-likeness (QED) is 0.310. The van der Waals surface area contributed by atoms with E-state index in [1.165, 1.54) is 0 Å². The molecule has 0 saturated carbocycles. The van der Waals surface area contributed by atoms with Crippen molar-refractivity contribution in [2.24, 2.45) is 0 Å². The molecule has 8 heteroatoms. The van der Waals surface area contributed by atoms with Crippen molar-refractivity contribution in [2.75, 3.05) is 25.0 Å². The lowest BCUT2D eigenvalue weighted by molar-refractivity contribution is -0.138. The molecule has 1 rings (SSSR count). The maximum Gasteiger partial charge on any atom is 0.303 e. The molecular formula is C21H35N3O5. The summed E-state index contributed by atoms with van der Waals surface area (Å²) in [4.78, 5) is 33.5. The maximum absolute atomic E-state index is 11.8. The fraction of sp³-hybridized carbons (Fsp3) is 0.571. The van der Waals surface area contributed by atoms with Gasteiger partial charge in [0.1, 0.15) is 0 Å². The van der Waals surface area contributed by atoms with Gasteiger partial charge in [0.05, 0.1) is 6.42 Å². The lowest BCUT2D eigenvalue weighted by Gasteiger charge is -2.07. The number of aliphatic carboxylic acids is 1. The highest BCUT2D eigenvalue weighted by Crippen LogP contribution is 2.07. The van der Waals surface area contributed by atoms with Crippen LogP contribution in [0.25, 0.3) is 0 Å². The molecule has 0 saturated heterocycles. The number of carboxylic acid groups (broad SMARTS) is 1. The molecule has 0 bridgehead atoms. The summed E-state index contributed by atoms with van der Waals surface area (Å²) in [7, 11) is 0. The molecule has 0 spiro atoms. The average Bonchev–Trinajstić information content (AvgIpc) is 2.68. The zero-order valence-electron chi connectivity index (χ0n) is 17.0. The number of carbonyl (C=O) groups is 3. The fourth-order valence-corrected chi connectivity index (χ4v) is 2.67. The van der Waals surface area contributed by atoms with E-state index in [9.17, 15) is 14.4 Å². The topological polar surface area (TPSA) is 139 Å². The van der Waals surface area contributed by atoms with Gasteiger partial charge in [-0.05, 0) is 50.9 Å². The zero-order chi connectivity index (χ0) is 20.5. The number of anilines is 1. The molecule has 1 aromatic carbocycles. The highest BCUT2D eigenvalue weighted by atomic mass is 16.4. The van der Waals surface area contributed by atoms with E-state index in [4.69, 9.17) is 5.11 Å². The maximum atomic E-state index is 11.8. The van der Waals surface area contributed by atoms with Crippen LogP contribution < -0.4 is 16.0 Å². The second-order valence-corrected chi connectivity index (χ2v) is 6.78. The first-order valence-electron chi connectivity index (χ1n) is 10.1. The van der Waals surface area contributed by atoms with Gasteiger partial charge in [-0.25, -0.2) is 0 Å². The number of para-hydroxylation sites is 1. The first kappa shape index (κ1) is 26.6. The fourth-order valence-electron chi connectivity index (χ4n) is 2.67. The van der Waals surface area contributed by atoms with Gasteiger partial charge in [-0.2, -0.15) is 0 Å². The van der Waals surface area contributed by atoms with E-state index in [0.717, 1.165) is 57.3 Å². The van der Waals surface area contributed by atoms with Crippen molar-refractivity contribution in [2.45, 2.75) is 57.8 Å². The van der Waals surface area contributed by atoms with Crippen LogP contribution in [0.1, 0.15) is 57.8 Å². The van der Waals surface area contributed by atoms with Crippen LogP contribution >= 0.6 is 0 Å². The summed E-state index contributed by atoms with van der Waals surface area (Å²) < 4.78 is 0. The van der Waals surface area contributed by atoms with Gasteiger partial charge in [0.2, 0.25) is 11.8 Å². The molecule has 0 heterocycles. The largest absolute Gasteiger partial charge is 0.481 e. The molecule has 0 aliphatic rings. The number of amides is 2. The third-order valence-corrected chi connectivity index (χ3v) is 4.23. The summed E-state index contributed by atoms with van der Waals surface area (Å²) in [6.07, 6.45) is 6.41. The number of carbonyl (C=O) groups excluding carboxylic acids is 2. The average molecular weight is 410 g/mol. The number of hydrogen-bond acceptors (Lipinski definition) is 4. The summed E-state index contributed by atoms with van der Waals surface area (Å²) >= 11 is 0. The van der Waals surface area contributed by atoms with Gasteiger partial charge in [0.25, 0.3) is 0 Å². The van der Waals surface area contributed by atoms with Gasteiger partial charge >= 0.3 is 5.97 Å². The number of nitrogens with one attached hydrogen (secondary N) is 3.